The SMILES string of the molecule is COc1ccc(-c2csc3ncnc(SCC(=O)Nc4ccccc4)c23)cc1. The van der Waals surface area contributed by atoms with Gasteiger partial charge in [-0.15, -0.1) is 11.3 Å². The minimum Gasteiger partial charge on any atom is -0.497 e. The van der Waals surface area contributed by atoms with Crippen LogP contribution in [0.2, 0.25) is 0 Å². The molecule has 2 heterocycles. The Hall–Kier alpha value is -2.90. The van der Waals surface area contributed by atoms with E-state index in [1.165, 1.54) is 11.8 Å². The van der Waals surface area contributed by atoms with E-state index in [4.69, 9.17) is 4.74 Å². The van der Waals surface area contributed by atoms with Crippen molar-refractivity contribution in [2.75, 3.05) is 18.2 Å². The number of anilines is 1. The van der Waals surface area contributed by atoms with Crippen molar-refractivity contribution in [1.29, 1.82) is 0 Å². The predicted molar refractivity (Wildman–Crippen MR) is 115 cm³/mol. The Bertz CT molecular complexity index is 1100. The molecule has 5 nitrogen and oxygen atoms in total. The molecule has 4 rings (SSSR count). The van der Waals surface area contributed by atoms with Crippen LogP contribution in [0, 0.1) is 0 Å². The van der Waals surface area contributed by atoms with E-state index in [-0.39, 0.29) is 11.7 Å². The molecule has 0 aliphatic carbocycles. The molecule has 140 valence electrons. The average molecular weight is 408 g/mol. The first-order valence-corrected chi connectivity index (χ1v) is 10.5. The molecule has 4 aromatic rings. The topological polar surface area (TPSA) is 64.1 Å². The number of amides is 1. The second-order valence-corrected chi connectivity index (χ2v) is 7.76. The minimum atomic E-state index is -0.0656. The maximum Gasteiger partial charge on any atom is 0.234 e. The van der Waals surface area contributed by atoms with Gasteiger partial charge in [0, 0.05) is 16.6 Å². The van der Waals surface area contributed by atoms with Crippen molar-refractivity contribution in [3.8, 4) is 16.9 Å². The van der Waals surface area contributed by atoms with Crippen LogP contribution < -0.4 is 10.1 Å². The second-order valence-electron chi connectivity index (χ2n) is 5.94. The maximum atomic E-state index is 12.3. The Kier molecular flexibility index (Phi) is 5.55. The molecule has 0 unspecified atom stereocenters. The van der Waals surface area contributed by atoms with Crippen LogP contribution >= 0.6 is 23.1 Å². The lowest BCUT2D eigenvalue weighted by molar-refractivity contribution is -0.113. The Balaban J connectivity index is 1.57. The molecule has 1 N–H and O–H groups in total. The van der Waals surface area contributed by atoms with Crippen LogP contribution in [-0.2, 0) is 4.79 Å². The largest absolute Gasteiger partial charge is 0.497 e. The van der Waals surface area contributed by atoms with Gasteiger partial charge in [0.2, 0.25) is 5.91 Å². The molecule has 0 atom stereocenters. The number of nitrogens with zero attached hydrogens (tertiary/aromatic N) is 2. The Morgan fingerprint density at radius 2 is 1.89 bits per heavy atom. The van der Waals surface area contributed by atoms with E-state index in [9.17, 15) is 4.79 Å². The summed E-state index contributed by atoms with van der Waals surface area (Å²) in [5, 5.41) is 6.76. The van der Waals surface area contributed by atoms with Gasteiger partial charge in [-0.25, -0.2) is 9.97 Å². The number of hydrogen-bond acceptors (Lipinski definition) is 6. The van der Waals surface area contributed by atoms with Gasteiger partial charge in [-0.1, -0.05) is 42.1 Å². The zero-order valence-electron chi connectivity index (χ0n) is 15.1. The number of thiophene rings is 1. The van der Waals surface area contributed by atoms with Crippen molar-refractivity contribution < 1.29 is 9.53 Å². The molecule has 0 radical (unpaired) electrons. The molecule has 2 aromatic carbocycles. The van der Waals surface area contributed by atoms with Crippen LogP contribution in [0.1, 0.15) is 0 Å². The Morgan fingerprint density at radius 3 is 2.64 bits per heavy atom. The lowest BCUT2D eigenvalue weighted by Crippen LogP contribution is -2.14. The first-order chi connectivity index (χ1) is 13.7. The first kappa shape index (κ1) is 18.5. The molecule has 0 saturated heterocycles. The summed E-state index contributed by atoms with van der Waals surface area (Å²) in [5.74, 6) is 1.02. The molecule has 28 heavy (non-hydrogen) atoms. The van der Waals surface area contributed by atoms with Gasteiger partial charge in [-0.05, 0) is 29.8 Å². The van der Waals surface area contributed by atoms with Crippen molar-refractivity contribution >= 4 is 44.9 Å². The third kappa shape index (κ3) is 4.00. The lowest BCUT2D eigenvalue weighted by Gasteiger charge is -2.07. The van der Waals surface area contributed by atoms with Gasteiger partial charge in [-0.2, -0.15) is 0 Å². The number of thioether (sulfide) groups is 1. The van der Waals surface area contributed by atoms with Crippen molar-refractivity contribution in [3.63, 3.8) is 0 Å². The first-order valence-electron chi connectivity index (χ1n) is 8.59. The van der Waals surface area contributed by atoms with Crippen LogP contribution in [0.15, 0.2) is 71.3 Å². The van der Waals surface area contributed by atoms with Crippen LogP contribution in [-0.4, -0.2) is 28.7 Å². The maximum absolute atomic E-state index is 12.3. The number of aromatic nitrogens is 2. The normalized spacial score (nSPS) is 10.8. The molecule has 0 saturated carbocycles. The quantitative estimate of drug-likeness (QED) is 0.356. The summed E-state index contributed by atoms with van der Waals surface area (Å²) in [6.45, 7) is 0. The molecule has 2 aromatic heterocycles. The fourth-order valence-corrected chi connectivity index (χ4v) is 4.59. The summed E-state index contributed by atoms with van der Waals surface area (Å²) >= 11 is 2.99. The van der Waals surface area contributed by atoms with E-state index in [2.05, 4.69) is 20.7 Å². The average Bonchev–Trinajstić information content (AvgIpc) is 3.18. The number of ether oxygens (including phenoxy) is 1. The molecule has 0 aliphatic heterocycles. The fourth-order valence-electron chi connectivity index (χ4n) is 2.79. The highest BCUT2D eigenvalue weighted by molar-refractivity contribution is 8.00. The molecule has 0 bridgehead atoms. The van der Waals surface area contributed by atoms with Crippen molar-refractivity contribution in [3.05, 3.63) is 66.3 Å². The summed E-state index contributed by atoms with van der Waals surface area (Å²) in [6.07, 6.45) is 1.55. The van der Waals surface area contributed by atoms with Gasteiger partial charge in [0.1, 0.15) is 21.9 Å². The minimum absolute atomic E-state index is 0.0656. The van der Waals surface area contributed by atoms with Crippen LogP contribution in [0.25, 0.3) is 21.3 Å². The number of para-hydroxylation sites is 1. The molecule has 7 heteroatoms. The summed E-state index contributed by atoms with van der Waals surface area (Å²) < 4.78 is 5.24. The summed E-state index contributed by atoms with van der Waals surface area (Å²) in [5.41, 5.74) is 2.92. The highest BCUT2D eigenvalue weighted by atomic mass is 32.2. The highest BCUT2D eigenvalue weighted by Crippen LogP contribution is 2.38. The summed E-state index contributed by atoms with van der Waals surface area (Å²) in [6, 6.07) is 17.3. The van der Waals surface area contributed by atoms with E-state index in [1.54, 1.807) is 24.8 Å². The van der Waals surface area contributed by atoms with E-state index in [1.807, 2.05) is 54.6 Å². The zero-order valence-corrected chi connectivity index (χ0v) is 16.7. The number of fused-ring (bicyclic) bond motifs is 1. The number of carbonyl (C=O) groups excluding carboxylic acids is 1. The van der Waals surface area contributed by atoms with Gasteiger partial charge in [0.05, 0.1) is 18.2 Å². The zero-order chi connectivity index (χ0) is 19.3. The van der Waals surface area contributed by atoms with Crippen LogP contribution in [0.3, 0.4) is 0 Å². The van der Waals surface area contributed by atoms with Crippen LogP contribution in [0.5, 0.6) is 5.75 Å². The van der Waals surface area contributed by atoms with Crippen LogP contribution in [0.4, 0.5) is 5.69 Å². The molecule has 0 fully saturated rings. The number of hydrogen-bond donors (Lipinski definition) is 1. The number of rotatable bonds is 6. The van der Waals surface area contributed by atoms with Gasteiger partial charge in [0.25, 0.3) is 0 Å². The summed E-state index contributed by atoms with van der Waals surface area (Å²) in [4.78, 5) is 22.0. The third-order valence-electron chi connectivity index (χ3n) is 4.13. The van der Waals surface area contributed by atoms with E-state index < -0.39 is 0 Å². The summed E-state index contributed by atoms with van der Waals surface area (Å²) in [7, 11) is 1.65. The Labute approximate surface area is 170 Å². The van der Waals surface area contributed by atoms with Crippen molar-refractivity contribution in [2.45, 2.75) is 5.03 Å². The smallest absolute Gasteiger partial charge is 0.234 e. The number of carbonyl (C=O) groups is 1. The van der Waals surface area contributed by atoms with Gasteiger partial charge in [0.15, 0.2) is 0 Å². The molecular weight excluding hydrogens is 390 g/mol. The van der Waals surface area contributed by atoms with Gasteiger partial charge < -0.3 is 10.1 Å². The third-order valence-corrected chi connectivity index (χ3v) is 6.01. The fraction of sp³-hybridized carbons (Fsp3) is 0.0952. The number of nitrogens with one attached hydrogen (secondary N) is 1. The second kappa shape index (κ2) is 8.41. The van der Waals surface area contributed by atoms with Gasteiger partial charge in [-0.3, -0.25) is 4.79 Å². The van der Waals surface area contributed by atoms with E-state index in [0.29, 0.717) is 0 Å². The standard InChI is InChI=1S/C21H17N3O2S2/c1-26-16-9-7-14(8-10-16)17-11-27-20-19(17)21(23-13-22-20)28-12-18(25)24-15-5-3-2-4-6-15/h2-11,13H,12H2,1H3,(H,24,25). The molecule has 1 amide bonds. The van der Waals surface area contributed by atoms with E-state index in [0.717, 1.165) is 37.8 Å². The van der Waals surface area contributed by atoms with Gasteiger partial charge >= 0.3 is 0 Å². The number of methoxy groups -OCH3 is 1. The lowest BCUT2D eigenvalue weighted by atomic mass is 10.1. The molecule has 0 aliphatic rings. The Morgan fingerprint density at radius 1 is 1.11 bits per heavy atom. The monoisotopic (exact) mass is 407 g/mol. The highest BCUT2D eigenvalue weighted by Gasteiger charge is 2.15. The van der Waals surface area contributed by atoms with Crippen molar-refractivity contribution in [2.24, 2.45) is 0 Å². The predicted octanol–water partition coefficient (Wildman–Crippen LogP) is 5.10. The van der Waals surface area contributed by atoms with E-state index >= 15 is 0 Å². The molecule has 0 spiro atoms. The number of benzene rings is 2. The molecular formula is C21H17N3O2S2. The van der Waals surface area contributed by atoms with Crippen molar-refractivity contribution in [1.82, 2.24) is 9.97 Å².